The van der Waals surface area contributed by atoms with Crippen LogP contribution >= 0.6 is 0 Å². The molecule has 1 aromatic heterocycles. The lowest BCUT2D eigenvalue weighted by Gasteiger charge is -2.13. The molecule has 0 radical (unpaired) electrons. The van der Waals surface area contributed by atoms with Crippen LogP contribution in [0.25, 0.3) is 0 Å². The van der Waals surface area contributed by atoms with Gasteiger partial charge in [0, 0.05) is 13.1 Å². The highest BCUT2D eigenvalue weighted by molar-refractivity contribution is 5.92. The molecule has 1 fully saturated rings. The van der Waals surface area contributed by atoms with Gasteiger partial charge in [0.15, 0.2) is 5.69 Å². The fourth-order valence-corrected chi connectivity index (χ4v) is 2.67. The molecule has 1 saturated heterocycles. The Hall–Kier alpha value is -2.28. The Morgan fingerprint density at radius 1 is 1.45 bits per heavy atom. The molecule has 6 nitrogen and oxygen atoms in total. The van der Waals surface area contributed by atoms with Crippen LogP contribution in [0.15, 0.2) is 30.5 Å². The van der Waals surface area contributed by atoms with Gasteiger partial charge in [-0.1, -0.05) is 17.3 Å². The third-order valence-corrected chi connectivity index (χ3v) is 3.90. The minimum absolute atomic E-state index is 0.124. The molecule has 0 bridgehead atoms. The second-order valence-electron chi connectivity index (χ2n) is 5.57. The van der Waals surface area contributed by atoms with E-state index in [1.54, 1.807) is 27.9 Å². The first-order chi connectivity index (χ1) is 10.7. The number of aromatic nitrogens is 3. The summed E-state index contributed by atoms with van der Waals surface area (Å²) in [5.41, 5.74) is 6.72. The molecule has 0 saturated carbocycles. The van der Waals surface area contributed by atoms with Crippen LogP contribution in [0.3, 0.4) is 0 Å². The number of halogens is 1. The van der Waals surface area contributed by atoms with Crippen LogP contribution in [0.2, 0.25) is 0 Å². The Bertz CT molecular complexity index is 671. The number of benzene rings is 1. The normalized spacial score (nSPS) is 17.9. The van der Waals surface area contributed by atoms with Crippen LogP contribution in [0.1, 0.15) is 22.5 Å². The second-order valence-corrected chi connectivity index (χ2v) is 5.57. The molecule has 0 aliphatic carbocycles. The molecular formula is C15H18FN5O. The zero-order chi connectivity index (χ0) is 15.5. The van der Waals surface area contributed by atoms with Gasteiger partial charge in [-0.05, 0) is 36.6 Å². The van der Waals surface area contributed by atoms with Crippen molar-refractivity contribution in [3.63, 3.8) is 0 Å². The smallest absolute Gasteiger partial charge is 0.276 e. The summed E-state index contributed by atoms with van der Waals surface area (Å²) in [6, 6.07) is 6.28. The van der Waals surface area contributed by atoms with Crippen LogP contribution in [-0.4, -0.2) is 45.4 Å². The number of nitrogens with zero attached hydrogens (tertiary/aromatic N) is 4. The first kappa shape index (κ1) is 14.6. The maximum Gasteiger partial charge on any atom is 0.276 e. The number of hydrogen-bond donors (Lipinski definition) is 1. The van der Waals surface area contributed by atoms with E-state index in [0.717, 1.165) is 12.0 Å². The first-order valence-electron chi connectivity index (χ1n) is 7.29. The molecule has 0 spiro atoms. The van der Waals surface area contributed by atoms with E-state index in [4.69, 9.17) is 5.73 Å². The molecule has 7 heteroatoms. The van der Waals surface area contributed by atoms with Crippen LogP contribution in [0, 0.1) is 11.7 Å². The van der Waals surface area contributed by atoms with Gasteiger partial charge in [-0.2, -0.15) is 0 Å². The summed E-state index contributed by atoms with van der Waals surface area (Å²) in [6.45, 7) is 2.35. The second kappa shape index (κ2) is 6.23. The summed E-state index contributed by atoms with van der Waals surface area (Å²) < 4.78 is 14.7. The van der Waals surface area contributed by atoms with Crippen LogP contribution in [-0.2, 0) is 6.54 Å². The standard InChI is InChI=1S/C15H18FN5O/c16-13-3-1-2-11(6-13)9-21-10-14(18-19-21)15(22)20-5-4-12(7-17)8-20/h1-3,6,10,12H,4-5,7-9,17H2/t12-/m1/s1. The molecule has 1 aliphatic rings. The Balaban J connectivity index is 1.67. The number of likely N-dealkylation sites (tertiary alicyclic amines) is 1. The number of hydrogen-bond acceptors (Lipinski definition) is 4. The SMILES string of the molecule is NC[C@H]1CCN(C(=O)c2cn(Cc3cccc(F)c3)nn2)C1. The van der Waals surface area contributed by atoms with Crippen molar-refractivity contribution in [3.05, 3.63) is 47.5 Å². The number of amides is 1. The summed E-state index contributed by atoms with van der Waals surface area (Å²) in [5, 5.41) is 7.87. The Labute approximate surface area is 127 Å². The highest BCUT2D eigenvalue weighted by Crippen LogP contribution is 2.17. The number of carbonyl (C=O) groups excluding carboxylic acids is 1. The fraction of sp³-hybridized carbons (Fsp3) is 0.400. The molecule has 22 heavy (non-hydrogen) atoms. The topological polar surface area (TPSA) is 77.0 Å². The van der Waals surface area contributed by atoms with Gasteiger partial charge >= 0.3 is 0 Å². The van der Waals surface area contributed by atoms with Crippen LogP contribution in [0.4, 0.5) is 4.39 Å². The monoisotopic (exact) mass is 303 g/mol. The maximum atomic E-state index is 13.2. The zero-order valence-electron chi connectivity index (χ0n) is 12.2. The van der Waals surface area contributed by atoms with Gasteiger partial charge < -0.3 is 10.6 Å². The minimum Gasteiger partial charge on any atom is -0.337 e. The summed E-state index contributed by atoms with van der Waals surface area (Å²) in [5.74, 6) is -0.0495. The molecule has 1 aromatic carbocycles. The Morgan fingerprint density at radius 2 is 2.32 bits per heavy atom. The maximum absolute atomic E-state index is 13.2. The van der Waals surface area contributed by atoms with Gasteiger partial charge in [-0.3, -0.25) is 4.79 Å². The number of rotatable bonds is 4. The fourth-order valence-electron chi connectivity index (χ4n) is 2.67. The summed E-state index contributed by atoms with van der Waals surface area (Å²) in [4.78, 5) is 14.1. The van der Waals surface area contributed by atoms with E-state index in [1.807, 2.05) is 0 Å². The van der Waals surface area contributed by atoms with Crippen molar-refractivity contribution in [2.75, 3.05) is 19.6 Å². The van der Waals surface area contributed by atoms with E-state index in [2.05, 4.69) is 10.3 Å². The van der Waals surface area contributed by atoms with Gasteiger partial charge in [0.1, 0.15) is 5.82 Å². The molecule has 3 rings (SSSR count). The lowest BCUT2D eigenvalue weighted by atomic mass is 10.1. The Kier molecular flexibility index (Phi) is 4.15. The van der Waals surface area contributed by atoms with E-state index >= 15 is 0 Å². The average Bonchev–Trinajstić information content (AvgIpc) is 3.15. The van der Waals surface area contributed by atoms with E-state index in [1.165, 1.54) is 12.1 Å². The van der Waals surface area contributed by atoms with E-state index in [0.29, 0.717) is 37.8 Å². The lowest BCUT2D eigenvalue weighted by molar-refractivity contribution is 0.0781. The van der Waals surface area contributed by atoms with Crippen LogP contribution < -0.4 is 5.73 Å². The van der Waals surface area contributed by atoms with Crippen molar-refractivity contribution in [3.8, 4) is 0 Å². The predicted octanol–water partition coefficient (Wildman–Crippen LogP) is 0.886. The van der Waals surface area contributed by atoms with Crippen molar-refractivity contribution >= 4 is 5.91 Å². The molecule has 1 amide bonds. The third-order valence-electron chi connectivity index (χ3n) is 3.90. The molecule has 2 heterocycles. The predicted molar refractivity (Wildman–Crippen MR) is 78.6 cm³/mol. The highest BCUT2D eigenvalue weighted by Gasteiger charge is 2.27. The van der Waals surface area contributed by atoms with Gasteiger partial charge in [0.05, 0.1) is 12.7 Å². The number of nitrogens with two attached hydrogens (primary N) is 1. The summed E-state index contributed by atoms with van der Waals surface area (Å²) in [7, 11) is 0. The van der Waals surface area contributed by atoms with Crippen molar-refractivity contribution < 1.29 is 9.18 Å². The summed E-state index contributed by atoms with van der Waals surface area (Å²) >= 11 is 0. The van der Waals surface area contributed by atoms with Crippen molar-refractivity contribution in [1.29, 1.82) is 0 Å². The average molecular weight is 303 g/mol. The van der Waals surface area contributed by atoms with Crippen LogP contribution in [0.5, 0.6) is 0 Å². The molecule has 0 unspecified atom stereocenters. The van der Waals surface area contributed by atoms with Crippen molar-refractivity contribution in [2.24, 2.45) is 11.7 Å². The zero-order valence-corrected chi connectivity index (χ0v) is 12.2. The molecule has 116 valence electrons. The Morgan fingerprint density at radius 3 is 3.05 bits per heavy atom. The van der Waals surface area contributed by atoms with Gasteiger partial charge in [-0.25, -0.2) is 9.07 Å². The largest absolute Gasteiger partial charge is 0.337 e. The lowest BCUT2D eigenvalue weighted by Crippen LogP contribution is -2.30. The molecule has 1 atom stereocenters. The molecular weight excluding hydrogens is 285 g/mol. The minimum atomic E-state index is -0.293. The van der Waals surface area contributed by atoms with E-state index in [-0.39, 0.29) is 11.7 Å². The van der Waals surface area contributed by atoms with Gasteiger partial charge in [0.25, 0.3) is 5.91 Å². The van der Waals surface area contributed by atoms with Crippen molar-refractivity contribution in [1.82, 2.24) is 19.9 Å². The summed E-state index contributed by atoms with van der Waals surface area (Å²) in [6.07, 6.45) is 2.53. The van der Waals surface area contributed by atoms with Gasteiger partial charge in [0.2, 0.25) is 0 Å². The van der Waals surface area contributed by atoms with Gasteiger partial charge in [-0.15, -0.1) is 5.10 Å². The molecule has 1 aliphatic heterocycles. The molecule has 2 N–H and O–H groups in total. The van der Waals surface area contributed by atoms with E-state index in [9.17, 15) is 9.18 Å². The number of carbonyl (C=O) groups is 1. The van der Waals surface area contributed by atoms with E-state index < -0.39 is 0 Å². The highest BCUT2D eigenvalue weighted by atomic mass is 19.1. The first-order valence-corrected chi connectivity index (χ1v) is 7.29. The van der Waals surface area contributed by atoms with Crippen molar-refractivity contribution in [2.45, 2.75) is 13.0 Å². The third kappa shape index (κ3) is 3.14. The molecule has 2 aromatic rings. The quantitative estimate of drug-likeness (QED) is 0.910.